The van der Waals surface area contributed by atoms with Crippen LogP contribution in [0.1, 0.15) is 73.9 Å². The van der Waals surface area contributed by atoms with Gasteiger partial charge in [-0.05, 0) is 79.3 Å². The van der Waals surface area contributed by atoms with Crippen molar-refractivity contribution in [3.05, 3.63) is 69.3 Å². The molecule has 4 aromatic rings. The number of piperidine rings is 1. The smallest absolute Gasteiger partial charge is 0.270 e. The highest BCUT2D eigenvalue weighted by atomic mass is 16.3. The fourth-order valence-corrected chi connectivity index (χ4v) is 6.26. The first-order valence-electron chi connectivity index (χ1n) is 13.0. The number of nitrogens with zero attached hydrogens (tertiary/aromatic N) is 4. The summed E-state index contributed by atoms with van der Waals surface area (Å²) in [5.74, 6) is 1.52. The van der Waals surface area contributed by atoms with Crippen molar-refractivity contribution in [2.75, 3.05) is 18.0 Å². The Morgan fingerprint density at radius 3 is 2.56 bits per heavy atom. The van der Waals surface area contributed by atoms with Crippen molar-refractivity contribution in [2.24, 2.45) is 12.5 Å². The van der Waals surface area contributed by atoms with Gasteiger partial charge >= 0.3 is 0 Å². The molecule has 6 nitrogen and oxygen atoms in total. The van der Waals surface area contributed by atoms with Crippen molar-refractivity contribution in [1.29, 1.82) is 5.26 Å². The maximum absolute atomic E-state index is 13.2. The minimum atomic E-state index is -0.229. The van der Waals surface area contributed by atoms with Crippen LogP contribution in [-0.2, 0) is 7.05 Å². The zero-order chi connectivity index (χ0) is 25.2. The van der Waals surface area contributed by atoms with Gasteiger partial charge in [-0.15, -0.1) is 0 Å². The number of nitriles is 1. The van der Waals surface area contributed by atoms with Gasteiger partial charge in [0.1, 0.15) is 17.1 Å². The molecule has 1 saturated carbocycles. The Hall–Kier alpha value is -3.59. The van der Waals surface area contributed by atoms with E-state index in [2.05, 4.69) is 56.0 Å². The van der Waals surface area contributed by atoms with Crippen LogP contribution in [0.25, 0.3) is 22.0 Å². The SMILES string of the molecule is Cc1ccc2oc(C3CCN(c4c(C#N)c(=O)n(C)c5ccc(C6CCC6(C)C)cc45)CC3)nc2c1. The van der Waals surface area contributed by atoms with E-state index in [1.807, 2.05) is 12.1 Å². The summed E-state index contributed by atoms with van der Waals surface area (Å²) < 4.78 is 7.72. The lowest BCUT2D eigenvalue weighted by molar-refractivity contribution is 0.140. The normalized spacial score (nSPS) is 20.0. The monoisotopic (exact) mass is 480 g/mol. The lowest BCUT2D eigenvalue weighted by Gasteiger charge is -2.45. The summed E-state index contributed by atoms with van der Waals surface area (Å²) in [6.45, 7) is 8.21. The van der Waals surface area contributed by atoms with Crippen LogP contribution in [0.15, 0.2) is 45.6 Å². The third-order valence-electron chi connectivity index (χ3n) is 8.65. The van der Waals surface area contributed by atoms with E-state index in [-0.39, 0.29) is 22.5 Å². The summed E-state index contributed by atoms with van der Waals surface area (Å²) in [5, 5.41) is 11.1. The molecule has 2 aliphatic rings. The molecule has 184 valence electrons. The van der Waals surface area contributed by atoms with Gasteiger partial charge in [0.25, 0.3) is 5.56 Å². The van der Waals surface area contributed by atoms with Crippen molar-refractivity contribution in [3.8, 4) is 6.07 Å². The van der Waals surface area contributed by atoms with Gasteiger partial charge in [0.2, 0.25) is 0 Å². The van der Waals surface area contributed by atoms with Gasteiger partial charge in [0.05, 0.1) is 11.2 Å². The molecule has 6 heteroatoms. The number of hydrogen-bond donors (Lipinski definition) is 0. The number of benzene rings is 2. The molecule has 1 saturated heterocycles. The molecular weight excluding hydrogens is 448 g/mol. The molecule has 0 spiro atoms. The number of hydrogen-bond acceptors (Lipinski definition) is 5. The molecule has 1 aliphatic heterocycles. The summed E-state index contributed by atoms with van der Waals surface area (Å²) in [5.41, 5.74) is 6.18. The quantitative estimate of drug-likeness (QED) is 0.352. The summed E-state index contributed by atoms with van der Waals surface area (Å²) in [6, 6.07) is 14.8. The topological polar surface area (TPSA) is 75.1 Å². The van der Waals surface area contributed by atoms with Crippen LogP contribution in [0.2, 0.25) is 0 Å². The van der Waals surface area contributed by atoms with E-state index in [0.29, 0.717) is 5.92 Å². The van der Waals surface area contributed by atoms with E-state index in [4.69, 9.17) is 9.40 Å². The largest absolute Gasteiger partial charge is 0.440 e. The van der Waals surface area contributed by atoms with Gasteiger partial charge in [0, 0.05) is 31.4 Å². The van der Waals surface area contributed by atoms with E-state index in [1.165, 1.54) is 24.0 Å². The molecule has 0 bridgehead atoms. The van der Waals surface area contributed by atoms with Crippen LogP contribution in [0.5, 0.6) is 0 Å². The molecule has 0 radical (unpaired) electrons. The zero-order valence-corrected chi connectivity index (χ0v) is 21.5. The fourth-order valence-electron chi connectivity index (χ4n) is 6.26. The van der Waals surface area contributed by atoms with Crippen LogP contribution in [0, 0.1) is 23.7 Å². The number of aromatic nitrogens is 2. The molecule has 0 N–H and O–H groups in total. The third kappa shape index (κ3) is 3.52. The molecule has 2 fully saturated rings. The van der Waals surface area contributed by atoms with Crippen molar-refractivity contribution in [1.82, 2.24) is 9.55 Å². The molecule has 0 amide bonds. The first-order valence-corrected chi connectivity index (χ1v) is 13.0. The maximum Gasteiger partial charge on any atom is 0.270 e. The van der Waals surface area contributed by atoms with Gasteiger partial charge in [-0.2, -0.15) is 5.26 Å². The number of anilines is 1. The Morgan fingerprint density at radius 1 is 1.11 bits per heavy atom. The molecule has 2 aromatic carbocycles. The molecule has 2 aromatic heterocycles. The van der Waals surface area contributed by atoms with E-state index >= 15 is 0 Å². The molecule has 3 heterocycles. The van der Waals surface area contributed by atoms with E-state index in [9.17, 15) is 10.1 Å². The Morgan fingerprint density at radius 2 is 1.89 bits per heavy atom. The molecule has 36 heavy (non-hydrogen) atoms. The van der Waals surface area contributed by atoms with Crippen molar-refractivity contribution in [3.63, 3.8) is 0 Å². The third-order valence-corrected chi connectivity index (χ3v) is 8.65. The van der Waals surface area contributed by atoms with Crippen LogP contribution in [-0.4, -0.2) is 22.6 Å². The number of aryl methyl sites for hydroxylation is 2. The standard InChI is InChI=1S/C30H32N4O2/c1-18-5-8-26-24(15-18)32-28(36-26)19-10-13-34(14-11-19)27-21-16-20(23-9-12-30(23,2)3)6-7-25(21)33(4)29(35)22(27)17-31/h5-8,15-16,19,23H,9-14H2,1-4H3. The van der Waals surface area contributed by atoms with Crippen molar-refractivity contribution < 1.29 is 4.42 Å². The Bertz CT molecular complexity index is 1600. The summed E-state index contributed by atoms with van der Waals surface area (Å²) in [6.07, 6.45) is 4.13. The highest BCUT2D eigenvalue weighted by Crippen LogP contribution is 2.52. The summed E-state index contributed by atoms with van der Waals surface area (Å²) >= 11 is 0. The molecular formula is C30H32N4O2. The van der Waals surface area contributed by atoms with Crippen LogP contribution >= 0.6 is 0 Å². The van der Waals surface area contributed by atoms with Gasteiger partial charge in [-0.25, -0.2) is 4.98 Å². The Balaban J connectivity index is 1.37. The molecule has 1 aliphatic carbocycles. The Labute approximate surface area is 211 Å². The first kappa shape index (κ1) is 22.8. The van der Waals surface area contributed by atoms with Crippen LogP contribution in [0.3, 0.4) is 0 Å². The van der Waals surface area contributed by atoms with Gasteiger partial charge in [-0.3, -0.25) is 4.79 Å². The number of rotatable bonds is 3. The van der Waals surface area contributed by atoms with Crippen molar-refractivity contribution in [2.45, 2.75) is 58.3 Å². The Kier molecular flexibility index (Phi) is 5.22. The van der Waals surface area contributed by atoms with E-state index < -0.39 is 0 Å². The van der Waals surface area contributed by atoms with Gasteiger partial charge in [0.15, 0.2) is 11.5 Å². The number of fused-ring (bicyclic) bond motifs is 2. The zero-order valence-electron chi connectivity index (χ0n) is 21.5. The average Bonchev–Trinajstić information content (AvgIpc) is 3.29. The van der Waals surface area contributed by atoms with Gasteiger partial charge in [-0.1, -0.05) is 26.0 Å². The second-order valence-electron chi connectivity index (χ2n) is 11.3. The predicted octanol–water partition coefficient (Wildman–Crippen LogP) is 6.15. The summed E-state index contributed by atoms with van der Waals surface area (Å²) in [4.78, 5) is 20.2. The maximum atomic E-state index is 13.2. The number of pyridine rings is 1. The highest BCUT2D eigenvalue weighted by Gasteiger charge is 2.39. The molecule has 1 atom stereocenters. The van der Waals surface area contributed by atoms with E-state index in [0.717, 1.165) is 59.5 Å². The van der Waals surface area contributed by atoms with Crippen molar-refractivity contribution >= 4 is 27.7 Å². The fraction of sp³-hybridized carbons (Fsp3) is 0.433. The number of oxazole rings is 1. The lowest BCUT2D eigenvalue weighted by Crippen LogP contribution is -2.36. The minimum absolute atomic E-state index is 0.226. The van der Waals surface area contributed by atoms with Crippen LogP contribution < -0.4 is 10.5 Å². The average molecular weight is 481 g/mol. The first-order chi connectivity index (χ1) is 17.3. The van der Waals surface area contributed by atoms with Crippen LogP contribution in [0.4, 0.5) is 5.69 Å². The highest BCUT2D eigenvalue weighted by molar-refractivity contribution is 5.95. The predicted molar refractivity (Wildman–Crippen MR) is 143 cm³/mol. The summed E-state index contributed by atoms with van der Waals surface area (Å²) in [7, 11) is 1.77. The lowest BCUT2D eigenvalue weighted by atomic mass is 9.60. The second-order valence-corrected chi connectivity index (χ2v) is 11.3. The molecule has 6 rings (SSSR count). The van der Waals surface area contributed by atoms with E-state index in [1.54, 1.807) is 11.6 Å². The minimum Gasteiger partial charge on any atom is -0.440 e. The second kappa shape index (κ2) is 8.23. The van der Waals surface area contributed by atoms with Gasteiger partial charge < -0.3 is 13.9 Å². The molecule has 1 unspecified atom stereocenters.